The smallest absolute Gasteiger partial charge is 0.168 e. The minimum atomic E-state index is -0.341. The van der Waals surface area contributed by atoms with Gasteiger partial charge in [-0.1, -0.05) is 12.1 Å². The lowest BCUT2D eigenvalue weighted by molar-refractivity contribution is 0.466. The number of aromatic nitrogens is 4. The van der Waals surface area contributed by atoms with Crippen molar-refractivity contribution in [3.05, 3.63) is 42.6 Å². The van der Waals surface area contributed by atoms with Gasteiger partial charge in [0.1, 0.15) is 23.6 Å². The monoisotopic (exact) mass is 341 g/mol. The van der Waals surface area contributed by atoms with Crippen molar-refractivity contribution in [2.24, 2.45) is 5.92 Å². The van der Waals surface area contributed by atoms with Gasteiger partial charge in [0.25, 0.3) is 0 Å². The van der Waals surface area contributed by atoms with Gasteiger partial charge in [0.15, 0.2) is 5.65 Å². The number of benzene rings is 1. The maximum absolute atomic E-state index is 14.1. The van der Waals surface area contributed by atoms with E-state index in [1.165, 1.54) is 17.1 Å². The summed E-state index contributed by atoms with van der Waals surface area (Å²) >= 11 is 0. The Morgan fingerprint density at radius 3 is 2.68 bits per heavy atom. The number of para-hydroxylation sites is 1. The molecule has 1 aliphatic rings. The first-order chi connectivity index (χ1) is 12.1. The van der Waals surface area contributed by atoms with Gasteiger partial charge in [-0.05, 0) is 26.0 Å². The van der Waals surface area contributed by atoms with Crippen LogP contribution in [0, 0.1) is 11.7 Å². The molecule has 1 fully saturated rings. The number of nitrogens with zero attached hydrogens (tertiary/aromatic N) is 4. The number of anilines is 1. The zero-order valence-corrected chi connectivity index (χ0v) is 14.1. The predicted octanol–water partition coefficient (Wildman–Crippen LogP) is 1.87. The Labute approximate surface area is 144 Å². The molecule has 0 aliphatic carbocycles. The van der Waals surface area contributed by atoms with Crippen molar-refractivity contribution in [1.29, 1.82) is 0 Å². The zero-order valence-electron chi connectivity index (χ0n) is 14.1. The molecule has 25 heavy (non-hydrogen) atoms. The van der Waals surface area contributed by atoms with Crippen LogP contribution in [0.1, 0.15) is 13.8 Å². The molecular weight excluding hydrogens is 321 g/mol. The van der Waals surface area contributed by atoms with Crippen LogP contribution in [-0.2, 0) is 0 Å². The van der Waals surface area contributed by atoms with Gasteiger partial charge in [-0.25, -0.2) is 19.0 Å². The summed E-state index contributed by atoms with van der Waals surface area (Å²) in [5, 5.41) is 8.47. The molecular formula is C17H20FN7. The number of halogens is 1. The van der Waals surface area contributed by atoms with E-state index < -0.39 is 0 Å². The van der Waals surface area contributed by atoms with Crippen molar-refractivity contribution in [2.45, 2.75) is 25.9 Å². The highest BCUT2D eigenvalue weighted by molar-refractivity contribution is 5.87. The molecule has 2 aromatic heterocycles. The summed E-state index contributed by atoms with van der Waals surface area (Å²) in [4.78, 5) is 8.62. The average molecular weight is 341 g/mol. The van der Waals surface area contributed by atoms with Crippen molar-refractivity contribution < 1.29 is 4.39 Å². The standard InChI is InChI=1S/C17H20FN7/c1-10-12(11(2)24-23-10)7-19-16-13-8-22-25(17(13)21-9-20-16)15-6-4-3-5-14(15)18/h3-6,8-12,23-24H,7H2,1-2H3,(H,19,20,21). The lowest BCUT2D eigenvalue weighted by Gasteiger charge is -2.18. The van der Waals surface area contributed by atoms with E-state index in [1.54, 1.807) is 24.4 Å². The first-order valence-corrected chi connectivity index (χ1v) is 8.33. The highest BCUT2D eigenvalue weighted by Crippen LogP contribution is 2.24. The SMILES string of the molecule is CC1NNC(C)C1CNc1ncnc2c1cnn2-c1ccccc1F. The summed E-state index contributed by atoms with van der Waals surface area (Å²) in [5.74, 6) is 0.789. The molecule has 3 aromatic rings. The third-order valence-corrected chi connectivity index (χ3v) is 4.77. The Balaban J connectivity index is 1.64. The summed E-state index contributed by atoms with van der Waals surface area (Å²) in [7, 11) is 0. The second-order valence-corrected chi connectivity index (χ2v) is 6.38. The number of fused-ring (bicyclic) bond motifs is 1. The van der Waals surface area contributed by atoms with Crippen molar-refractivity contribution in [3.8, 4) is 5.69 Å². The predicted molar refractivity (Wildman–Crippen MR) is 93.8 cm³/mol. The first kappa shape index (κ1) is 15.9. The van der Waals surface area contributed by atoms with Crippen LogP contribution in [0.3, 0.4) is 0 Å². The molecule has 130 valence electrons. The van der Waals surface area contributed by atoms with E-state index >= 15 is 0 Å². The third-order valence-electron chi connectivity index (χ3n) is 4.77. The molecule has 0 bridgehead atoms. The zero-order chi connectivity index (χ0) is 17.4. The molecule has 0 saturated carbocycles. The van der Waals surface area contributed by atoms with Crippen LogP contribution in [0.5, 0.6) is 0 Å². The van der Waals surface area contributed by atoms with Gasteiger partial charge in [0.2, 0.25) is 0 Å². The van der Waals surface area contributed by atoms with Crippen molar-refractivity contribution in [3.63, 3.8) is 0 Å². The summed E-state index contributed by atoms with van der Waals surface area (Å²) in [6.45, 7) is 5.06. The fraction of sp³-hybridized carbons (Fsp3) is 0.353. The van der Waals surface area contributed by atoms with E-state index in [0.717, 1.165) is 11.9 Å². The number of hydrazine groups is 1. The maximum Gasteiger partial charge on any atom is 0.168 e. The van der Waals surface area contributed by atoms with Gasteiger partial charge >= 0.3 is 0 Å². The molecule has 7 nitrogen and oxygen atoms in total. The van der Waals surface area contributed by atoms with E-state index in [0.29, 0.717) is 35.2 Å². The highest BCUT2D eigenvalue weighted by Gasteiger charge is 2.29. The minimum absolute atomic E-state index is 0.341. The molecule has 0 amide bonds. The van der Waals surface area contributed by atoms with Crippen LogP contribution in [0.4, 0.5) is 10.2 Å². The maximum atomic E-state index is 14.1. The minimum Gasteiger partial charge on any atom is -0.369 e. The summed E-state index contributed by atoms with van der Waals surface area (Å²) in [6.07, 6.45) is 3.14. The van der Waals surface area contributed by atoms with Crippen molar-refractivity contribution in [2.75, 3.05) is 11.9 Å². The average Bonchev–Trinajstić information content (AvgIpc) is 3.18. The van der Waals surface area contributed by atoms with E-state index in [4.69, 9.17) is 0 Å². The lowest BCUT2D eigenvalue weighted by atomic mass is 9.97. The van der Waals surface area contributed by atoms with Crippen LogP contribution >= 0.6 is 0 Å². The second-order valence-electron chi connectivity index (χ2n) is 6.38. The Kier molecular flexibility index (Phi) is 4.06. The molecule has 3 N–H and O–H groups in total. The van der Waals surface area contributed by atoms with Gasteiger partial charge in [-0.15, -0.1) is 0 Å². The molecule has 0 spiro atoms. The number of hydrogen-bond donors (Lipinski definition) is 3. The van der Waals surface area contributed by atoms with Crippen LogP contribution in [0.15, 0.2) is 36.8 Å². The summed E-state index contributed by atoms with van der Waals surface area (Å²) < 4.78 is 15.6. The van der Waals surface area contributed by atoms with Crippen molar-refractivity contribution >= 4 is 16.9 Å². The molecule has 8 heteroatoms. The number of hydrogen-bond acceptors (Lipinski definition) is 6. The lowest BCUT2D eigenvalue weighted by Crippen LogP contribution is -2.30. The summed E-state index contributed by atoms with van der Waals surface area (Å²) in [5.41, 5.74) is 7.43. The Bertz CT molecular complexity index is 884. The highest BCUT2D eigenvalue weighted by atomic mass is 19.1. The second kappa shape index (κ2) is 6.38. The van der Waals surface area contributed by atoms with E-state index in [1.807, 2.05) is 0 Å². The molecule has 4 rings (SSSR count). The molecule has 0 radical (unpaired) electrons. The van der Waals surface area contributed by atoms with Gasteiger partial charge in [-0.3, -0.25) is 10.9 Å². The molecule has 1 aliphatic heterocycles. The Morgan fingerprint density at radius 2 is 1.92 bits per heavy atom. The topological polar surface area (TPSA) is 79.7 Å². The molecule has 2 unspecified atom stereocenters. The van der Waals surface area contributed by atoms with E-state index in [-0.39, 0.29) is 5.82 Å². The fourth-order valence-corrected chi connectivity index (χ4v) is 3.26. The molecule has 2 atom stereocenters. The van der Waals surface area contributed by atoms with Gasteiger partial charge in [0, 0.05) is 24.5 Å². The summed E-state index contributed by atoms with van der Waals surface area (Å²) in [6, 6.07) is 7.23. The quantitative estimate of drug-likeness (QED) is 0.672. The van der Waals surface area contributed by atoms with Crippen LogP contribution < -0.4 is 16.2 Å². The molecule has 1 saturated heterocycles. The Morgan fingerprint density at radius 1 is 1.16 bits per heavy atom. The van der Waals surface area contributed by atoms with E-state index in [2.05, 4.69) is 45.1 Å². The molecule has 3 heterocycles. The van der Waals surface area contributed by atoms with Crippen LogP contribution in [-0.4, -0.2) is 38.4 Å². The van der Waals surface area contributed by atoms with Crippen LogP contribution in [0.2, 0.25) is 0 Å². The van der Waals surface area contributed by atoms with Gasteiger partial charge in [0.05, 0.1) is 11.6 Å². The first-order valence-electron chi connectivity index (χ1n) is 8.33. The Hall–Kier alpha value is -2.58. The normalized spacial score (nSPS) is 23.2. The third kappa shape index (κ3) is 2.83. The number of nitrogens with one attached hydrogen (secondary N) is 3. The van der Waals surface area contributed by atoms with E-state index in [9.17, 15) is 4.39 Å². The van der Waals surface area contributed by atoms with Crippen molar-refractivity contribution in [1.82, 2.24) is 30.6 Å². The largest absolute Gasteiger partial charge is 0.369 e. The number of rotatable bonds is 4. The fourth-order valence-electron chi connectivity index (χ4n) is 3.26. The van der Waals surface area contributed by atoms with Gasteiger partial charge in [-0.2, -0.15) is 5.10 Å². The van der Waals surface area contributed by atoms with Crippen LogP contribution in [0.25, 0.3) is 16.7 Å². The molecule has 1 aromatic carbocycles. The van der Waals surface area contributed by atoms with Gasteiger partial charge < -0.3 is 5.32 Å².